The van der Waals surface area contributed by atoms with E-state index in [1.807, 2.05) is 12.1 Å². The Hall–Kier alpha value is -2.55. The van der Waals surface area contributed by atoms with Crippen LogP contribution in [-0.2, 0) is 17.1 Å². The fraction of sp³-hybridized carbons (Fsp3) is 0.0833. The Labute approximate surface area is 126 Å². The van der Waals surface area contributed by atoms with Crippen LogP contribution in [0.15, 0.2) is 29.3 Å². The van der Waals surface area contributed by atoms with E-state index in [0.29, 0.717) is 0 Å². The Kier molecular flexibility index (Phi) is 3.85. The number of aromatic nitrogens is 2. The van der Waals surface area contributed by atoms with Crippen molar-refractivity contribution < 1.29 is 8.42 Å². The van der Waals surface area contributed by atoms with Gasteiger partial charge in [-0.2, -0.15) is 15.6 Å². The van der Waals surface area contributed by atoms with Gasteiger partial charge in [0.15, 0.2) is 5.82 Å². The Morgan fingerprint density at radius 1 is 1.33 bits per heavy atom. The van der Waals surface area contributed by atoms with Gasteiger partial charge in [-0.15, -0.1) is 0 Å². The highest BCUT2D eigenvalue weighted by Crippen LogP contribution is 2.25. The molecule has 0 aliphatic heterocycles. The van der Waals surface area contributed by atoms with Gasteiger partial charge in [-0.05, 0) is 18.2 Å². The van der Waals surface area contributed by atoms with E-state index in [4.69, 9.17) is 22.1 Å². The van der Waals surface area contributed by atoms with E-state index in [1.165, 1.54) is 36.1 Å². The summed E-state index contributed by atoms with van der Waals surface area (Å²) in [6.45, 7) is 0. The lowest BCUT2D eigenvalue weighted by molar-refractivity contribution is 0.600. The van der Waals surface area contributed by atoms with E-state index in [1.54, 1.807) is 0 Å². The molecule has 0 amide bonds. The Morgan fingerprint density at radius 2 is 2.05 bits per heavy atom. The summed E-state index contributed by atoms with van der Waals surface area (Å²) in [6, 6.07) is 7.52. The SMILES string of the molecule is Cn1ncc(C#N)c1NS(=O)(=O)c1ccc(C#N)cc1Cl. The van der Waals surface area contributed by atoms with Crippen molar-refractivity contribution in [2.75, 3.05) is 4.72 Å². The number of nitriles is 2. The van der Waals surface area contributed by atoms with Gasteiger partial charge in [-0.3, -0.25) is 9.40 Å². The van der Waals surface area contributed by atoms with Crippen LogP contribution in [-0.4, -0.2) is 18.2 Å². The van der Waals surface area contributed by atoms with Crippen molar-refractivity contribution in [3.63, 3.8) is 0 Å². The molecule has 1 N–H and O–H groups in total. The minimum absolute atomic E-state index is 0.0397. The molecule has 0 aliphatic carbocycles. The molecule has 21 heavy (non-hydrogen) atoms. The molecule has 1 heterocycles. The van der Waals surface area contributed by atoms with Crippen molar-refractivity contribution >= 4 is 27.4 Å². The van der Waals surface area contributed by atoms with Crippen molar-refractivity contribution in [2.45, 2.75) is 4.90 Å². The highest BCUT2D eigenvalue weighted by atomic mass is 35.5. The molecule has 0 saturated carbocycles. The van der Waals surface area contributed by atoms with Gasteiger partial charge in [-0.1, -0.05) is 11.6 Å². The van der Waals surface area contributed by atoms with Crippen molar-refractivity contribution in [1.82, 2.24) is 9.78 Å². The molecule has 1 aromatic heterocycles. The molecule has 9 heteroatoms. The van der Waals surface area contributed by atoms with Crippen molar-refractivity contribution in [3.05, 3.63) is 40.5 Å². The van der Waals surface area contributed by atoms with Crippen LogP contribution >= 0.6 is 11.6 Å². The molecule has 0 fully saturated rings. The number of aryl methyl sites for hydroxylation is 1. The maximum absolute atomic E-state index is 12.3. The Morgan fingerprint density at radius 3 is 2.62 bits per heavy atom. The summed E-state index contributed by atoms with van der Waals surface area (Å²) >= 11 is 5.89. The van der Waals surface area contributed by atoms with Crippen LogP contribution < -0.4 is 4.72 Å². The average molecular weight is 322 g/mol. The second-order valence-corrected chi connectivity index (χ2v) is 6.06. The molecule has 106 valence electrons. The zero-order chi connectivity index (χ0) is 15.6. The molecule has 0 atom stereocenters. The predicted octanol–water partition coefficient (Wildman–Crippen LogP) is 1.62. The maximum Gasteiger partial charge on any atom is 0.264 e. The summed E-state index contributed by atoms with van der Waals surface area (Å²) in [5.41, 5.74) is 0.336. The van der Waals surface area contributed by atoms with Crippen molar-refractivity contribution in [2.24, 2.45) is 7.05 Å². The highest BCUT2D eigenvalue weighted by molar-refractivity contribution is 7.92. The van der Waals surface area contributed by atoms with E-state index in [0.717, 1.165) is 0 Å². The number of hydrogen-bond donors (Lipinski definition) is 1. The zero-order valence-corrected chi connectivity index (χ0v) is 12.3. The lowest BCUT2D eigenvalue weighted by Gasteiger charge is -2.10. The first-order chi connectivity index (χ1) is 9.89. The van der Waals surface area contributed by atoms with Gasteiger partial charge in [0.05, 0.1) is 22.9 Å². The van der Waals surface area contributed by atoms with E-state index < -0.39 is 10.0 Å². The molecule has 0 saturated heterocycles. The summed E-state index contributed by atoms with van der Waals surface area (Å²) < 4.78 is 28.1. The topological polar surface area (TPSA) is 112 Å². The van der Waals surface area contributed by atoms with Crippen molar-refractivity contribution in [3.8, 4) is 12.1 Å². The lowest BCUT2D eigenvalue weighted by atomic mass is 10.2. The second-order valence-electron chi connectivity index (χ2n) is 4.00. The van der Waals surface area contributed by atoms with E-state index in [2.05, 4.69) is 9.82 Å². The highest BCUT2D eigenvalue weighted by Gasteiger charge is 2.21. The minimum atomic E-state index is -4.00. The van der Waals surface area contributed by atoms with Gasteiger partial charge in [-0.25, -0.2) is 8.42 Å². The summed E-state index contributed by atoms with van der Waals surface area (Å²) in [4.78, 5) is -0.187. The first-order valence-corrected chi connectivity index (χ1v) is 7.39. The summed E-state index contributed by atoms with van der Waals surface area (Å²) in [6.07, 6.45) is 1.25. The maximum atomic E-state index is 12.3. The van der Waals surface area contributed by atoms with Crippen molar-refractivity contribution in [1.29, 1.82) is 10.5 Å². The van der Waals surface area contributed by atoms with E-state index in [9.17, 15) is 8.42 Å². The number of hydrogen-bond acceptors (Lipinski definition) is 5. The number of anilines is 1. The summed E-state index contributed by atoms with van der Waals surface area (Å²) in [5, 5.41) is 21.4. The molecular formula is C12H8ClN5O2S. The molecule has 7 nitrogen and oxygen atoms in total. The number of halogens is 1. The van der Waals surface area contributed by atoms with Crippen LogP contribution in [0, 0.1) is 22.7 Å². The molecule has 0 radical (unpaired) electrons. The van der Waals surface area contributed by atoms with Gasteiger partial charge in [0.25, 0.3) is 10.0 Å². The number of benzene rings is 1. The minimum Gasteiger partial charge on any atom is -0.262 e. The largest absolute Gasteiger partial charge is 0.264 e. The van der Waals surface area contributed by atoms with Gasteiger partial charge < -0.3 is 0 Å². The monoisotopic (exact) mass is 321 g/mol. The third-order valence-electron chi connectivity index (χ3n) is 2.64. The average Bonchev–Trinajstić information content (AvgIpc) is 2.78. The number of rotatable bonds is 3. The summed E-state index contributed by atoms with van der Waals surface area (Å²) in [5.74, 6) is 0.0397. The molecule has 2 aromatic rings. The summed E-state index contributed by atoms with van der Waals surface area (Å²) in [7, 11) is -2.50. The third-order valence-corrected chi connectivity index (χ3v) is 4.46. The molecule has 2 rings (SSSR count). The number of nitrogens with one attached hydrogen (secondary N) is 1. The van der Waals surface area contributed by atoms with Crippen LogP contribution in [0.3, 0.4) is 0 Å². The predicted molar refractivity (Wildman–Crippen MR) is 74.9 cm³/mol. The lowest BCUT2D eigenvalue weighted by Crippen LogP contribution is -2.16. The molecule has 1 aromatic carbocycles. The fourth-order valence-electron chi connectivity index (χ4n) is 1.61. The number of nitrogens with zero attached hydrogens (tertiary/aromatic N) is 4. The third kappa shape index (κ3) is 2.82. The normalized spacial score (nSPS) is 10.7. The number of sulfonamides is 1. The van der Waals surface area contributed by atoms with E-state index >= 15 is 0 Å². The van der Waals surface area contributed by atoms with Crippen LogP contribution in [0.2, 0.25) is 5.02 Å². The van der Waals surface area contributed by atoms with Gasteiger partial charge >= 0.3 is 0 Å². The van der Waals surface area contributed by atoms with Crippen LogP contribution in [0.1, 0.15) is 11.1 Å². The fourth-order valence-corrected chi connectivity index (χ4v) is 3.27. The first kappa shape index (κ1) is 14.9. The van der Waals surface area contributed by atoms with Crippen LogP contribution in [0.4, 0.5) is 5.82 Å². The first-order valence-electron chi connectivity index (χ1n) is 5.53. The molecule has 0 unspecified atom stereocenters. The quantitative estimate of drug-likeness (QED) is 0.923. The van der Waals surface area contributed by atoms with E-state index in [-0.39, 0.29) is 26.9 Å². The molecule has 0 spiro atoms. The standard InChI is InChI=1S/C12H8ClN5O2S/c1-18-12(9(6-15)7-16-18)17-21(19,20)11-3-2-8(5-14)4-10(11)13/h2-4,7,17H,1H3. The van der Waals surface area contributed by atoms with Crippen LogP contribution in [0.5, 0.6) is 0 Å². The van der Waals surface area contributed by atoms with Gasteiger partial charge in [0, 0.05) is 7.05 Å². The molecule has 0 bridgehead atoms. The Bertz CT molecular complexity index is 889. The molecular weight excluding hydrogens is 314 g/mol. The second kappa shape index (κ2) is 5.44. The van der Waals surface area contributed by atoms with Crippen LogP contribution in [0.25, 0.3) is 0 Å². The Balaban J connectivity index is 2.47. The van der Waals surface area contributed by atoms with Gasteiger partial charge in [0.2, 0.25) is 0 Å². The zero-order valence-electron chi connectivity index (χ0n) is 10.7. The van der Waals surface area contributed by atoms with Gasteiger partial charge in [0.1, 0.15) is 16.5 Å². The smallest absolute Gasteiger partial charge is 0.262 e. The molecule has 0 aliphatic rings.